The van der Waals surface area contributed by atoms with Gasteiger partial charge in [-0.05, 0) is 30.5 Å². The number of hydrogen-bond donors (Lipinski definition) is 1. The molecule has 0 aliphatic rings. The minimum absolute atomic E-state index is 0.460. The van der Waals surface area contributed by atoms with Gasteiger partial charge in [-0.25, -0.2) is 0 Å². The fourth-order valence-electron chi connectivity index (χ4n) is 1.39. The molecule has 0 amide bonds. The molecule has 2 atom stereocenters. The Labute approximate surface area is 108 Å². The Balaban J connectivity index is 3.06. The van der Waals surface area contributed by atoms with Gasteiger partial charge < -0.3 is 5.11 Å². The van der Waals surface area contributed by atoms with Crippen molar-refractivity contribution in [3.05, 3.63) is 29.3 Å². The van der Waals surface area contributed by atoms with Crippen molar-refractivity contribution in [2.75, 3.05) is 0 Å². The third kappa shape index (κ3) is 3.76. The molecular formula is C14H19NOS. The van der Waals surface area contributed by atoms with Crippen LogP contribution in [-0.2, 0) is 0 Å². The van der Waals surface area contributed by atoms with Crippen LogP contribution in [0.25, 0.3) is 0 Å². The monoisotopic (exact) mass is 249 g/mol. The standard InChI is InChI=1S/C14H19NOS/c1-9(2)11(4)17-14-7-12(8-15)5-6-13(14)10(3)16/h5-7,9-11,16H,1-4H3/t10-,11?/m1/s1. The minimum Gasteiger partial charge on any atom is -0.389 e. The zero-order chi connectivity index (χ0) is 13.0. The van der Waals surface area contributed by atoms with Gasteiger partial charge in [0.05, 0.1) is 17.7 Å². The number of aliphatic hydroxyl groups excluding tert-OH is 1. The van der Waals surface area contributed by atoms with Crippen molar-refractivity contribution in [1.82, 2.24) is 0 Å². The first-order valence-electron chi connectivity index (χ1n) is 5.84. The van der Waals surface area contributed by atoms with Crippen molar-refractivity contribution >= 4 is 11.8 Å². The molecule has 1 rings (SSSR count). The average Bonchev–Trinajstić information content (AvgIpc) is 2.28. The van der Waals surface area contributed by atoms with Crippen LogP contribution in [0.2, 0.25) is 0 Å². The highest BCUT2D eigenvalue weighted by Crippen LogP contribution is 2.33. The third-order valence-corrected chi connectivity index (χ3v) is 4.37. The summed E-state index contributed by atoms with van der Waals surface area (Å²) in [5.41, 5.74) is 1.55. The molecule has 0 saturated carbocycles. The van der Waals surface area contributed by atoms with E-state index in [0.29, 0.717) is 16.7 Å². The van der Waals surface area contributed by atoms with E-state index in [1.807, 2.05) is 12.1 Å². The summed E-state index contributed by atoms with van der Waals surface area (Å²) in [7, 11) is 0. The Morgan fingerprint density at radius 1 is 1.24 bits per heavy atom. The van der Waals surface area contributed by atoms with E-state index in [-0.39, 0.29) is 0 Å². The summed E-state index contributed by atoms with van der Waals surface area (Å²) in [6.45, 7) is 8.27. The molecule has 1 N–H and O–H groups in total. The van der Waals surface area contributed by atoms with Crippen LogP contribution in [0.15, 0.2) is 23.1 Å². The number of nitriles is 1. The van der Waals surface area contributed by atoms with Gasteiger partial charge in [0, 0.05) is 10.1 Å². The van der Waals surface area contributed by atoms with Gasteiger partial charge >= 0.3 is 0 Å². The largest absolute Gasteiger partial charge is 0.389 e. The number of aliphatic hydroxyl groups is 1. The molecule has 0 saturated heterocycles. The van der Waals surface area contributed by atoms with Crippen LogP contribution in [0.1, 0.15) is 44.9 Å². The van der Waals surface area contributed by atoms with Crippen molar-refractivity contribution in [3.63, 3.8) is 0 Å². The quantitative estimate of drug-likeness (QED) is 0.826. The van der Waals surface area contributed by atoms with Crippen LogP contribution in [0.5, 0.6) is 0 Å². The van der Waals surface area contributed by atoms with Crippen molar-refractivity contribution in [2.45, 2.75) is 43.9 Å². The average molecular weight is 249 g/mol. The zero-order valence-electron chi connectivity index (χ0n) is 10.8. The third-order valence-electron chi connectivity index (χ3n) is 2.84. The summed E-state index contributed by atoms with van der Waals surface area (Å²) in [6.07, 6.45) is -0.496. The van der Waals surface area contributed by atoms with Crippen molar-refractivity contribution in [1.29, 1.82) is 5.26 Å². The Hall–Kier alpha value is -0.980. The van der Waals surface area contributed by atoms with Crippen molar-refractivity contribution < 1.29 is 5.11 Å². The number of rotatable bonds is 4. The molecule has 17 heavy (non-hydrogen) atoms. The van der Waals surface area contributed by atoms with Gasteiger partial charge in [0.25, 0.3) is 0 Å². The first kappa shape index (κ1) is 14.1. The summed E-state index contributed by atoms with van der Waals surface area (Å²) < 4.78 is 0. The molecule has 3 heteroatoms. The molecule has 0 fully saturated rings. The van der Waals surface area contributed by atoms with Gasteiger partial charge in [0.2, 0.25) is 0 Å². The van der Waals surface area contributed by atoms with Crippen LogP contribution < -0.4 is 0 Å². The van der Waals surface area contributed by atoms with Crippen LogP contribution in [0, 0.1) is 17.2 Å². The second kappa shape index (κ2) is 6.09. The maximum atomic E-state index is 9.72. The fourth-order valence-corrected chi connectivity index (χ4v) is 2.63. The van der Waals surface area contributed by atoms with Gasteiger partial charge in [-0.3, -0.25) is 0 Å². The maximum absolute atomic E-state index is 9.72. The van der Waals surface area contributed by atoms with E-state index in [1.54, 1.807) is 24.8 Å². The van der Waals surface area contributed by atoms with Gasteiger partial charge in [-0.2, -0.15) is 5.26 Å². The molecule has 0 radical (unpaired) electrons. The lowest BCUT2D eigenvalue weighted by molar-refractivity contribution is 0.196. The molecule has 0 aliphatic heterocycles. The second-order valence-corrected chi connectivity index (χ2v) is 6.03. The number of hydrogen-bond acceptors (Lipinski definition) is 3. The predicted octanol–water partition coefficient (Wildman–Crippen LogP) is 3.75. The number of benzene rings is 1. The first-order chi connectivity index (χ1) is 7.95. The summed E-state index contributed by atoms with van der Waals surface area (Å²) >= 11 is 1.73. The molecule has 0 heterocycles. The van der Waals surface area contributed by atoms with E-state index in [4.69, 9.17) is 5.26 Å². The summed E-state index contributed by atoms with van der Waals surface area (Å²) in [4.78, 5) is 1.01. The molecule has 1 aromatic rings. The first-order valence-corrected chi connectivity index (χ1v) is 6.72. The smallest absolute Gasteiger partial charge is 0.0992 e. The zero-order valence-corrected chi connectivity index (χ0v) is 11.6. The molecule has 1 unspecified atom stereocenters. The van der Waals surface area contributed by atoms with Crippen LogP contribution >= 0.6 is 11.8 Å². The van der Waals surface area contributed by atoms with Gasteiger partial charge in [-0.15, -0.1) is 11.8 Å². The topological polar surface area (TPSA) is 44.0 Å². The Bertz CT molecular complexity index is 421. The lowest BCUT2D eigenvalue weighted by Gasteiger charge is -2.18. The Morgan fingerprint density at radius 3 is 2.35 bits per heavy atom. The molecule has 92 valence electrons. The molecule has 0 spiro atoms. The Morgan fingerprint density at radius 2 is 1.88 bits per heavy atom. The van der Waals surface area contributed by atoms with Gasteiger partial charge in [0.15, 0.2) is 0 Å². The van der Waals surface area contributed by atoms with Gasteiger partial charge in [0.1, 0.15) is 0 Å². The SMILES string of the molecule is CC(C)C(C)Sc1cc(C#N)ccc1[C@@H](C)O. The minimum atomic E-state index is -0.496. The number of nitrogens with zero attached hydrogens (tertiary/aromatic N) is 1. The van der Waals surface area contributed by atoms with Crippen molar-refractivity contribution in [2.24, 2.45) is 5.92 Å². The van der Waals surface area contributed by atoms with Crippen LogP contribution in [-0.4, -0.2) is 10.4 Å². The summed E-state index contributed by atoms with van der Waals surface area (Å²) in [5, 5.41) is 19.1. The van der Waals surface area contributed by atoms with E-state index < -0.39 is 6.10 Å². The van der Waals surface area contributed by atoms with E-state index in [9.17, 15) is 5.11 Å². The van der Waals surface area contributed by atoms with Gasteiger partial charge in [-0.1, -0.05) is 26.8 Å². The molecule has 2 nitrogen and oxygen atoms in total. The predicted molar refractivity (Wildman–Crippen MR) is 71.9 cm³/mol. The molecule has 0 aliphatic carbocycles. The maximum Gasteiger partial charge on any atom is 0.0992 e. The van der Waals surface area contributed by atoms with Crippen LogP contribution in [0.3, 0.4) is 0 Å². The Kier molecular flexibility index (Phi) is 5.04. The van der Waals surface area contributed by atoms with E-state index >= 15 is 0 Å². The lowest BCUT2D eigenvalue weighted by Crippen LogP contribution is -2.06. The lowest BCUT2D eigenvalue weighted by atomic mass is 10.1. The van der Waals surface area contributed by atoms with E-state index in [0.717, 1.165) is 10.5 Å². The fraction of sp³-hybridized carbons (Fsp3) is 0.500. The summed E-state index contributed by atoms with van der Waals surface area (Å²) in [5.74, 6) is 0.563. The van der Waals surface area contributed by atoms with E-state index in [2.05, 4.69) is 26.8 Å². The second-order valence-electron chi connectivity index (χ2n) is 4.61. The number of thioether (sulfide) groups is 1. The normalized spacial score (nSPS) is 14.4. The molecule has 0 aromatic heterocycles. The highest BCUT2D eigenvalue weighted by Gasteiger charge is 2.14. The highest BCUT2D eigenvalue weighted by atomic mass is 32.2. The van der Waals surface area contributed by atoms with Crippen molar-refractivity contribution in [3.8, 4) is 6.07 Å². The van der Waals surface area contributed by atoms with E-state index in [1.165, 1.54) is 0 Å². The van der Waals surface area contributed by atoms with Crippen LogP contribution in [0.4, 0.5) is 0 Å². The summed E-state index contributed by atoms with van der Waals surface area (Å²) in [6, 6.07) is 7.61. The molecular weight excluding hydrogens is 230 g/mol. The highest BCUT2D eigenvalue weighted by molar-refractivity contribution is 8.00. The molecule has 0 bridgehead atoms. The molecule has 1 aromatic carbocycles.